The Kier molecular flexibility index (Phi) is 14.6. The second-order valence-electron chi connectivity index (χ2n) is 4.82. The topological polar surface area (TPSA) is 109 Å². The molecule has 0 aromatic carbocycles. The molecule has 0 atom stereocenters. The first-order valence-corrected chi connectivity index (χ1v) is 14.0. The fraction of sp³-hybridized carbons (Fsp3) is 1.00. The summed E-state index contributed by atoms with van der Waals surface area (Å²) in [5.41, 5.74) is 0. The van der Waals surface area contributed by atoms with E-state index in [1.54, 1.807) is 23.5 Å². The maximum absolute atomic E-state index is 10.5. The molecule has 140 valence electrons. The lowest BCUT2D eigenvalue weighted by molar-refractivity contribution is 0.478. The van der Waals surface area contributed by atoms with Gasteiger partial charge in [0.2, 0.25) is 0 Å². The summed E-state index contributed by atoms with van der Waals surface area (Å²) in [5, 5.41) is 0. The molecule has 23 heavy (non-hydrogen) atoms. The minimum Gasteiger partial charge on any atom is -0.286 e. The summed E-state index contributed by atoms with van der Waals surface area (Å²) in [6, 6.07) is 0. The summed E-state index contributed by atoms with van der Waals surface area (Å²) in [5.74, 6) is 5.73. The van der Waals surface area contributed by atoms with E-state index in [2.05, 4.69) is 0 Å². The van der Waals surface area contributed by atoms with E-state index >= 15 is 0 Å². The third kappa shape index (κ3) is 22.9. The van der Waals surface area contributed by atoms with Gasteiger partial charge in [0.25, 0.3) is 20.2 Å². The van der Waals surface area contributed by atoms with Crippen LogP contribution >= 0.6 is 35.3 Å². The van der Waals surface area contributed by atoms with Gasteiger partial charge >= 0.3 is 0 Å². The Labute approximate surface area is 152 Å². The molecule has 0 aromatic heterocycles. The molecule has 0 aromatic rings. The standard InChI is InChI=1S/C12H26O6S5/c13-22(14,15)11-3-1-5-19-7-9-21-10-8-20-6-2-4-12-23(16,17)18/h1-12H2,(H,13,14,15)(H,16,17,18). The zero-order chi connectivity index (χ0) is 17.6. The van der Waals surface area contributed by atoms with Crippen LogP contribution < -0.4 is 0 Å². The molecule has 11 heteroatoms. The van der Waals surface area contributed by atoms with Crippen molar-refractivity contribution in [1.82, 2.24) is 0 Å². The Balaban J connectivity index is 3.14. The van der Waals surface area contributed by atoms with Crippen molar-refractivity contribution in [3.05, 3.63) is 0 Å². The van der Waals surface area contributed by atoms with Crippen molar-refractivity contribution in [3.63, 3.8) is 0 Å². The summed E-state index contributed by atoms with van der Waals surface area (Å²) in [6.45, 7) is 0. The van der Waals surface area contributed by atoms with Gasteiger partial charge in [-0.2, -0.15) is 52.1 Å². The molecule has 0 saturated carbocycles. The van der Waals surface area contributed by atoms with Crippen LogP contribution in [0.2, 0.25) is 0 Å². The zero-order valence-corrected chi connectivity index (χ0v) is 17.1. The van der Waals surface area contributed by atoms with Crippen molar-refractivity contribution >= 4 is 55.5 Å². The first kappa shape index (κ1) is 23.9. The van der Waals surface area contributed by atoms with Crippen molar-refractivity contribution in [2.75, 3.05) is 46.0 Å². The SMILES string of the molecule is O=S(=O)(O)CCCCSCCSCCSCCCCS(=O)(=O)O. The predicted molar refractivity (Wildman–Crippen MR) is 103 cm³/mol. The van der Waals surface area contributed by atoms with Gasteiger partial charge in [0, 0.05) is 23.0 Å². The highest BCUT2D eigenvalue weighted by molar-refractivity contribution is 8.04. The monoisotopic (exact) mass is 426 g/mol. The summed E-state index contributed by atoms with van der Waals surface area (Å²) in [7, 11) is -7.61. The van der Waals surface area contributed by atoms with Crippen LogP contribution in [0, 0.1) is 0 Å². The summed E-state index contributed by atoms with van der Waals surface area (Å²) in [6.07, 6.45) is 2.61. The summed E-state index contributed by atoms with van der Waals surface area (Å²) in [4.78, 5) is 0. The molecule has 0 heterocycles. The van der Waals surface area contributed by atoms with Crippen LogP contribution in [0.1, 0.15) is 25.7 Å². The molecule has 0 aliphatic rings. The number of unbranched alkanes of at least 4 members (excludes halogenated alkanes) is 2. The van der Waals surface area contributed by atoms with E-state index in [4.69, 9.17) is 9.11 Å². The average Bonchev–Trinajstić information content (AvgIpc) is 2.40. The van der Waals surface area contributed by atoms with Gasteiger partial charge in [0.05, 0.1) is 11.5 Å². The van der Waals surface area contributed by atoms with Crippen LogP contribution in [-0.4, -0.2) is 72.0 Å². The van der Waals surface area contributed by atoms with Crippen LogP contribution in [0.4, 0.5) is 0 Å². The molecule has 0 aliphatic heterocycles. The van der Waals surface area contributed by atoms with Gasteiger partial charge in [-0.3, -0.25) is 9.11 Å². The molecule has 0 rings (SSSR count). The highest BCUT2D eigenvalue weighted by atomic mass is 32.2. The van der Waals surface area contributed by atoms with Crippen LogP contribution in [0.5, 0.6) is 0 Å². The van der Waals surface area contributed by atoms with E-state index in [1.165, 1.54) is 0 Å². The minimum absolute atomic E-state index is 0.149. The number of rotatable bonds is 16. The Morgan fingerprint density at radius 1 is 0.522 bits per heavy atom. The minimum atomic E-state index is -3.81. The molecular formula is C12H26O6S5. The molecule has 6 nitrogen and oxygen atoms in total. The second-order valence-corrected chi connectivity index (χ2v) is 11.6. The maximum Gasteiger partial charge on any atom is 0.264 e. The van der Waals surface area contributed by atoms with E-state index in [1.807, 2.05) is 11.8 Å². The summed E-state index contributed by atoms with van der Waals surface area (Å²) >= 11 is 5.47. The third-order valence-electron chi connectivity index (χ3n) is 2.63. The lowest BCUT2D eigenvalue weighted by atomic mass is 10.4. The second kappa shape index (κ2) is 14.1. The van der Waals surface area contributed by atoms with Crippen molar-refractivity contribution < 1.29 is 25.9 Å². The highest BCUT2D eigenvalue weighted by Crippen LogP contribution is 2.12. The van der Waals surface area contributed by atoms with Gasteiger partial charge in [-0.15, -0.1) is 0 Å². The van der Waals surface area contributed by atoms with E-state index in [0.29, 0.717) is 12.8 Å². The molecule has 0 radical (unpaired) electrons. The number of hydrogen-bond acceptors (Lipinski definition) is 7. The first-order chi connectivity index (χ1) is 10.7. The smallest absolute Gasteiger partial charge is 0.264 e. The van der Waals surface area contributed by atoms with Gasteiger partial charge in [-0.25, -0.2) is 0 Å². The molecule has 0 bridgehead atoms. The molecular weight excluding hydrogens is 400 g/mol. The first-order valence-electron chi connectivity index (χ1n) is 7.34. The number of hydrogen-bond donors (Lipinski definition) is 2. The van der Waals surface area contributed by atoms with E-state index in [0.717, 1.165) is 47.4 Å². The maximum atomic E-state index is 10.5. The quantitative estimate of drug-likeness (QED) is 0.284. The highest BCUT2D eigenvalue weighted by Gasteiger charge is 2.03. The van der Waals surface area contributed by atoms with Crippen molar-refractivity contribution in [1.29, 1.82) is 0 Å². The molecule has 0 unspecified atom stereocenters. The van der Waals surface area contributed by atoms with Crippen molar-refractivity contribution in [2.45, 2.75) is 25.7 Å². The normalized spacial score (nSPS) is 12.6. The van der Waals surface area contributed by atoms with E-state index < -0.39 is 20.2 Å². The Bertz CT molecular complexity index is 432. The third-order valence-corrected chi connectivity index (χ3v) is 7.88. The summed E-state index contributed by atoms with van der Waals surface area (Å²) < 4.78 is 59.1. The van der Waals surface area contributed by atoms with Crippen LogP contribution in [0.15, 0.2) is 0 Å². The van der Waals surface area contributed by atoms with Crippen LogP contribution in [0.3, 0.4) is 0 Å². The molecule has 0 aliphatic carbocycles. The van der Waals surface area contributed by atoms with Gasteiger partial charge in [-0.1, -0.05) is 0 Å². The van der Waals surface area contributed by atoms with Gasteiger partial charge in [-0.05, 0) is 37.2 Å². The zero-order valence-electron chi connectivity index (χ0n) is 13.1. The number of thioether (sulfide) groups is 3. The van der Waals surface area contributed by atoms with E-state index in [9.17, 15) is 16.8 Å². The van der Waals surface area contributed by atoms with Gasteiger partial charge < -0.3 is 0 Å². The largest absolute Gasteiger partial charge is 0.286 e. The predicted octanol–water partition coefficient (Wildman–Crippen LogP) is 2.52. The Hall–Kier alpha value is 0.870. The Morgan fingerprint density at radius 3 is 1.13 bits per heavy atom. The van der Waals surface area contributed by atoms with Crippen molar-refractivity contribution in [3.8, 4) is 0 Å². The van der Waals surface area contributed by atoms with Gasteiger partial charge in [0.15, 0.2) is 0 Å². The molecule has 2 N–H and O–H groups in total. The lowest BCUT2D eigenvalue weighted by Gasteiger charge is -2.03. The van der Waals surface area contributed by atoms with Crippen molar-refractivity contribution in [2.24, 2.45) is 0 Å². The average molecular weight is 427 g/mol. The Morgan fingerprint density at radius 2 is 0.826 bits per heavy atom. The fourth-order valence-electron chi connectivity index (χ4n) is 1.52. The van der Waals surface area contributed by atoms with E-state index in [-0.39, 0.29) is 11.5 Å². The van der Waals surface area contributed by atoms with Gasteiger partial charge in [0.1, 0.15) is 0 Å². The lowest BCUT2D eigenvalue weighted by Crippen LogP contribution is -2.04. The molecule has 0 amide bonds. The fourth-order valence-corrected chi connectivity index (χ4v) is 5.97. The molecule has 0 spiro atoms. The molecule has 0 saturated heterocycles. The van der Waals surface area contributed by atoms with Crippen LogP contribution in [-0.2, 0) is 20.2 Å². The van der Waals surface area contributed by atoms with Crippen LogP contribution in [0.25, 0.3) is 0 Å². The molecule has 0 fully saturated rings.